The molecular formula is C19H26F4N2O6. The lowest BCUT2D eigenvalue weighted by Gasteiger charge is -2.29. The molecule has 0 saturated carbocycles. The Morgan fingerprint density at radius 2 is 1.77 bits per heavy atom. The summed E-state index contributed by atoms with van der Waals surface area (Å²) >= 11 is 0. The standard InChI is InChI=1S/C15H20F4N2.C4H6O6/c1-2-7-21(13-5-6-20-9-13)10-11-3-4-12(16)8-14(11)15(17,18)19;5-1(3(7)8)2(6)4(9)10/h3-4,8,13,20H,2,5-7,9-10H2,1H3;1-2,5-6H,(H,7,8)(H,9,10)/t13-;/m0./s1. The first kappa shape index (κ1) is 26.8. The van der Waals surface area contributed by atoms with Crippen LogP contribution in [0, 0.1) is 5.82 Å². The second-order valence-corrected chi connectivity index (χ2v) is 6.98. The Kier molecular flexibility index (Phi) is 10.3. The molecule has 176 valence electrons. The van der Waals surface area contributed by atoms with E-state index >= 15 is 0 Å². The monoisotopic (exact) mass is 454 g/mol. The van der Waals surface area contributed by atoms with E-state index in [1.54, 1.807) is 0 Å². The minimum atomic E-state index is -4.52. The van der Waals surface area contributed by atoms with Gasteiger partial charge in [0.2, 0.25) is 0 Å². The van der Waals surface area contributed by atoms with Crippen molar-refractivity contribution < 1.29 is 47.6 Å². The van der Waals surface area contributed by atoms with Crippen LogP contribution in [0.1, 0.15) is 30.9 Å². The highest BCUT2D eigenvalue weighted by atomic mass is 19.4. The van der Waals surface area contributed by atoms with Gasteiger partial charge < -0.3 is 25.7 Å². The lowest BCUT2D eigenvalue weighted by atomic mass is 10.0. The Hall–Kier alpha value is -2.28. The van der Waals surface area contributed by atoms with E-state index in [0.29, 0.717) is 6.07 Å². The Morgan fingerprint density at radius 3 is 2.19 bits per heavy atom. The van der Waals surface area contributed by atoms with E-state index in [2.05, 4.69) is 10.2 Å². The van der Waals surface area contributed by atoms with Crippen molar-refractivity contribution in [3.05, 3.63) is 35.1 Å². The van der Waals surface area contributed by atoms with E-state index in [1.807, 2.05) is 6.92 Å². The van der Waals surface area contributed by atoms with Gasteiger partial charge in [-0.2, -0.15) is 13.2 Å². The Morgan fingerprint density at radius 1 is 1.19 bits per heavy atom. The minimum Gasteiger partial charge on any atom is -0.479 e. The summed E-state index contributed by atoms with van der Waals surface area (Å²) in [5.41, 5.74) is -0.723. The summed E-state index contributed by atoms with van der Waals surface area (Å²) in [7, 11) is 0. The third-order valence-corrected chi connectivity index (χ3v) is 4.62. The van der Waals surface area contributed by atoms with Gasteiger partial charge in [-0.3, -0.25) is 4.90 Å². The molecule has 1 heterocycles. The number of hydrogen-bond acceptors (Lipinski definition) is 6. The first-order valence-electron chi connectivity index (χ1n) is 9.50. The minimum absolute atomic E-state index is 0.143. The largest absolute Gasteiger partial charge is 0.479 e. The van der Waals surface area contributed by atoms with Crippen molar-refractivity contribution in [3.63, 3.8) is 0 Å². The SMILES string of the molecule is CCCN(Cc1ccc(F)cc1C(F)(F)F)[C@H]1CCNC1.O=C(O)C(O)C(O)C(=O)O. The number of carbonyl (C=O) groups is 2. The quantitative estimate of drug-likeness (QED) is 0.372. The predicted molar refractivity (Wildman–Crippen MR) is 101 cm³/mol. The van der Waals surface area contributed by atoms with Gasteiger partial charge in [0.25, 0.3) is 0 Å². The third kappa shape index (κ3) is 8.40. The topological polar surface area (TPSA) is 130 Å². The molecule has 1 aromatic rings. The molecule has 1 aliphatic rings. The van der Waals surface area contributed by atoms with Crippen molar-refractivity contribution in [3.8, 4) is 0 Å². The molecule has 0 aromatic heterocycles. The van der Waals surface area contributed by atoms with Crippen molar-refractivity contribution in [1.29, 1.82) is 0 Å². The van der Waals surface area contributed by atoms with Crippen LogP contribution in [0.15, 0.2) is 18.2 Å². The van der Waals surface area contributed by atoms with E-state index in [0.717, 1.165) is 38.5 Å². The van der Waals surface area contributed by atoms with Crippen LogP contribution >= 0.6 is 0 Å². The second-order valence-electron chi connectivity index (χ2n) is 6.98. The number of carboxylic acid groups (broad SMARTS) is 2. The Labute approximate surface area is 176 Å². The molecule has 8 nitrogen and oxygen atoms in total. The first-order valence-corrected chi connectivity index (χ1v) is 9.50. The Balaban J connectivity index is 0.000000407. The maximum atomic E-state index is 13.1. The van der Waals surface area contributed by atoms with Crippen molar-refractivity contribution in [2.24, 2.45) is 0 Å². The van der Waals surface area contributed by atoms with Gasteiger partial charge in [-0.25, -0.2) is 14.0 Å². The number of alkyl halides is 3. The van der Waals surface area contributed by atoms with Gasteiger partial charge in [-0.1, -0.05) is 13.0 Å². The molecule has 0 spiro atoms. The summed E-state index contributed by atoms with van der Waals surface area (Å²) < 4.78 is 52.3. The zero-order valence-corrected chi connectivity index (χ0v) is 16.8. The van der Waals surface area contributed by atoms with Crippen LogP contribution in [0.4, 0.5) is 17.6 Å². The summed E-state index contributed by atoms with van der Waals surface area (Å²) in [5, 5.41) is 35.8. The van der Waals surface area contributed by atoms with Crippen molar-refractivity contribution in [2.45, 2.75) is 50.7 Å². The molecule has 2 rings (SSSR count). The maximum Gasteiger partial charge on any atom is 0.416 e. The van der Waals surface area contributed by atoms with E-state index in [9.17, 15) is 27.2 Å². The van der Waals surface area contributed by atoms with Crippen LogP contribution in [0.5, 0.6) is 0 Å². The van der Waals surface area contributed by atoms with E-state index < -0.39 is 41.7 Å². The number of rotatable bonds is 8. The molecule has 1 aromatic carbocycles. The number of aliphatic hydroxyl groups is 2. The molecule has 0 radical (unpaired) electrons. The summed E-state index contributed by atoms with van der Waals surface area (Å²) in [6, 6.07) is 3.19. The van der Waals surface area contributed by atoms with Gasteiger partial charge in [0, 0.05) is 19.1 Å². The lowest BCUT2D eigenvalue weighted by molar-refractivity contribution is -0.165. The Bertz CT molecular complexity index is 723. The van der Waals surface area contributed by atoms with Crippen LogP contribution in [-0.4, -0.2) is 75.1 Å². The van der Waals surface area contributed by atoms with Crippen LogP contribution in [0.3, 0.4) is 0 Å². The van der Waals surface area contributed by atoms with Crippen molar-refractivity contribution >= 4 is 11.9 Å². The van der Waals surface area contributed by atoms with Gasteiger partial charge >= 0.3 is 18.1 Å². The van der Waals surface area contributed by atoms with Crippen molar-refractivity contribution in [1.82, 2.24) is 10.2 Å². The fraction of sp³-hybridized carbons (Fsp3) is 0.579. The number of benzene rings is 1. The normalized spacial score (nSPS) is 18.3. The average molecular weight is 454 g/mol. The number of aliphatic carboxylic acids is 2. The molecule has 1 aliphatic heterocycles. The fourth-order valence-corrected chi connectivity index (χ4v) is 3.07. The maximum absolute atomic E-state index is 13.1. The molecule has 1 saturated heterocycles. The highest BCUT2D eigenvalue weighted by Crippen LogP contribution is 2.33. The molecule has 0 amide bonds. The third-order valence-electron chi connectivity index (χ3n) is 4.62. The first-order chi connectivity index (χ1) is 14.4. The molecule has 5 N–H and O–H groups in total. The fourth-order valence-electron chi connectivity index (χ4n) is 3.07. The molecule has 1 fully saturated rings. The van der Waals surface area contributed by atoms with Crippen LogP contribution < -0.4 is 5.32 Å². The second kappa shape index (κ2) is 11.9. The molecule has 31 heavy (non-hydrogen) atoms. The predicted octanol–water partition coefficient (Wildman–Crippen LogP) is 1.30. The smallest absolute Gasteiger partial charge is 0.416 e. The van der Waals surface area contributed by atoms with Gasteiger partial charge in [0.05, 0.1) is 5.56 Å². The molecule has 0 bridgehead atoms. The summed E-state index contributed by atoms with van der Waals surface area (Å²) in [5.74, 6) is -4.39. The highest BCUT2D eigenvalue weighted by molar-refractivity contribution is 5.83. The lowest BCUT2D eigenvalue weighted by Crippen LogP contribution is -2.39. The molecule has 0 aliphatic carbocycles. The van der Waals surface area contributed by atoms with Crippen LogP contribution in [0.2, 0.25) is 0 Å². The number of carboxylic acids is 2. The van der Waals surface area contributed by atoms with E-state index in [1.165, 1.54) is 6.07 Å². The van der Waals surface area contributed by atoms with Crippen molar-refractivity contribution in [2.75, 3.05) is 19.6 Å². The summed E-state index contributed by atoms with van der Waals surface area (Å²) in [6.45, 7) is 4.63. The number of nitrogens with zero attached hydrogens (tertiary/aromatic N) is 1. The van der Waals surface area contributed by atoms with Crippen LogP contribution in [0.25, 0.3) is 0 Å². The van der Waals surface area contributed by atoms with E-state index in [4.69, 9.17) is 20.4 Å². The van der Waals surface area contributed by atoms with Gasteiger partial charge in [-0.15, -0.1) is 0 Å². The number of hydrogen-bond donors (Lipinski definition) is 5. The van der Waals surface area contributed by atoms with Gasteiger partial charge in [0.15, 0.2) is 12.2 Å². The summed E-state index contributed by atoms with van der Waals surface area (Å²) in [4.78, 5) is 21.6. The number of halogens is 4. The van der Waals surface area contributed by atoms with Crippen LogP contribution in [-0.2, 0) is 22.3 Å². The number of aliphatic hydroxyl groups excluding tert-OH is 2. The summed E-state index contributed by atoms with van der Waals surface area (Å²) in [6.07, 6.45) is -7.25. The van der Waals surface area contributed by atoms with Gasteiger partial charge in [0.1, 0.15) is 5.82 Å². The molecular weight excluding hydrogens is 428 g/mol. The van der Waals surface area contributed by atoms with Gasteiger partial charge in [-0.05, 0) is 43.6 Å². The highest BCUT2D eigenvalue weighted by Gasteiger charge is 2.35. The number of nitrogens with one attached hydrogen (secondary N) is 1. The zero-order chi connectivity index (χ0) is 23.8. The van der Waals surface area contributed by atoms with E-state index in [-0.39, 0.29) is 18.2 Å². The average Bonchev–Trinajstić information content (AvgIpc) is 3.22. The molecule has 12 heteroatoms. The molecule has 3 atom stereocenters. The molecule has 2 unspecified atom stereocenters. The zero-order valence-electron chi connectivity index (χ0n) is 16.8.